The Kier molecular flexibility index (Phi) is 8.74. The molecule has 2 rings (SSSR count). The predicted molar refractivity (Wildman–Crippen MR) is 104 cm³/mol. The van der Waals surface area contributed by atoms with E-state index in [1.54, 1.807) is 42.5 Å². The van der Waals surface area contributed by atoms with E-state index in [0.717, 1.165) is 0 Å². The molecule has 2 aromatic rings. The van der Waals surface area contributed by atoms with Crippen LogP contribution in [0.5, 0.6) is 11.5 Å². The smallest absolute Gasteiger partial charge is 0.306 e. The number of esters is 1. The number of carbonyl (C=O) groups excluding carboxylic acids is 1. The van der Waals surface area contributed by atoms with Gasteiger partial charge in [-0.15, -0.1) is 0 Å². The van der Waals surface area contributed by atoms with Gasteiger partial charge in [-0.2, -0.15) is 8.78 Å². The minimum Gasteiger partial charge on any atom is -0.490 e. The molecule has 9 heteroatoms. The number of hydrogen-bond donors (Lipinski definition) is 0. The molecule has 0 aromatic heterocycles. The molecule has 0 aliphatic carbocycles. The second-order valence-corrected chi connectivity index (χ2v) is 6.26. The molecule has 0 heterocycles. The van der Waals surface area contributed by atoms with E-state index >= 15 is 0 Å². The average Bonchev–Trinajstić information content (AvgIpc) is 2.74. The molecule has 0 radical (unpaired) electrons. The molecule has 0 aliphatic heterocycles. The summed E-state index contributed by atoms with van der Waals surface area (Å²) in [6.07, 6.45) is -1.94. The molecule has 0 fully saturated rings. The van der Waals surface area contributed by atoms with Crippen LogP contribution in [0.1, 0.15) is 25.3 Å². The summed E-state index contributed by atoms with van der Waals surface area (Å²) in [7, 11) is 0. The van der Waals surface area contributed by atoms with Crippen molar-refractivity contribution in [2.75, 3.05) is 13.2 Å². The summed E-state index contributed by atoms with van der Waals surface area (Å²) in [6, 6.07) is 12.9. The van der Waals surface area contributed by atoms with Crippen LogP contribution in [0.25, 0.3) is 0 Å². The Labute approximate surface area is 172 Å². The molecular weight excluding hydrogens is 400 g/mol. The number of hydrogen-bond acceptors (Lipinski definition) is 6. The summed E-state index contributed by atoms with van der Waals surface area (Å²) < 4.78 is 40.4. The van der Waals surface area contributed by atoms with Crippen molar-refractivity contribution in [3.05, 3.63) is 75.9 Å². The topological polar surface area (TPSA) is 87.9 Å². The molecule has 0 aliphatic rings. The van der Waals surface area contributed by atoms with E-state index in [9.17, 15) is 23.7 Å². The van der Waals surface area contributed by atoms with Crippen molar-refractivity contribution in [2.24, 2.45) is 0 Å². The van der Waals surface area contributed by atoms with Crippen LogP contribution >= 0.6 is 0 Å². The molecule has 0 spiro atoms. The van der Waals surface area contributed by atoms with Gasteiger partial charge in [0.2, 0.25) is 0 Å². The van der Waals surface area contributed by atoms with E-state index in [2.05, 4.69) is 0 Å². The minimum absolute atomic E-state index is 0.00434. The zero-order valence-electron chi connectivity index (χ0n) is 16.3. The first-order chi connectivity index (χ1) is 14.4. The van der Waals surface area contributed by atoms with Crippen molar-refractivity contribution < 1.29 is 32.7 Å². The fraction of sp³-hybridized carbons (Fsp3) is 0.286. The summed E-state index contributed by atoms with van der Waals surface area (Å²) in [5, 5.41) is 11.0. The monoisotopic (exact) mass is 421 g/mol. The van der Waals surface area contributed by atoms with E-state index in [1.807, 2.05) is 0 Å². The highest BCUT2D eigenvalue weighted by atomic mass is 19.3. The van der Waals surface area contributed by atoms with Gasteiger partial charge in [0.05, 0.1) is 10.5 Å². The number of nitro groups is 1. The maximum Gasteiger partial charge on any atom is 0.306 e. The lowest BCUT2D eigenvalue weighted by Crippen LogP contribution is -2.12. The Morgan fingerprint density at radius 1 is 0.967 bits per heavy atom. The molecule has 160 valence electrons. The number of carbonyl (C=O) groups is 1. The highest BCUT2D eigenvalue weighted by Crippen LogP contribution is 2.22. The third-order valence-electron chi connectivity index (χ3n) is 4.05. The average molecular weight is 421 g/mol. The van der Waals surface area contributed by atoms with Crippen LogP contribution < -0.4 is 9.47 Å². The van der Waals surface area contributed by atoms with Crippen LogP contribution in [-0.4, -0.2) is 24.1 Å². The number of nitro benzene ring substituents is 1. The first-order valence-electron chi connectivity index (χ1n) is 9.11. The summed E-state index contributed by atoms with van der Waals surface area (Å²) >= 11 is 0. The molecule has 30 heavy (non-hydrogen) atoms. The SMILES string of the molecule is CC(CCC(=O)OCCOc1ccc(OCc2ccccc2[N+](=O)[O-])cc1)=C(F)F. The van der Waals surface area contributed by atoms with Crippen LogP contribution in [0.3, 0.4) is 0 Å². The third-order valence-corrected chi connectivity index (χ3v) is 4.05. The Hall–Kier alpha value is -3.49. The Morgan fingerprint density at radius 2 is 1.60 bits per heavy atom. The van der Waals surface area contributed by atoms with E-state index in [0.29, 0.717) is 17.1 Å². The lowest BCUT2D eigenvalue weighted by molar-refractivity contribution is -0.385. The Bertz CT molecular complexity index is 895. The molecule has 7 nitrogen and oxygen atoms in total. The number of allylic oxidation sites excluding steroid dienone is 1. The van der Waals surface area contributed by atoms with E-state index < -0.39 is 17.0 Å². The fourth-order valence-corrected chi connectivity index (χ4v) is 2.38. The van der Waals surface area contributed by atoms with Crippen molar-refractivity contribution in [1.29, 1.82) is 0 Å². The first-order valence-corrected chi connectivity index (χ1v) is 9.11. The van der Waals surface area contributed by atoms with Gasteiger partial charge in [0.15, 0.2) is 0 Å². The van der Waals surface area contributed by atoms with Gasteiger partial charge < -0.3 is 14.2 Å². The molecule has 0 saturated heterocycles. The number of ether oxygens (including phenoxy) is 3. The lowest BCUT2D eigenvalue weighted by atomic mass is 10.2. The fourth-order valence-electron chi connectivity index (χ4n) is 2.38. The van der Waals surface area contributed by atoms with Crippen LogP contribution in [0.15, 0.2) is 60.2 Å². The summed E-state index contributed by atoms with van der Waals surface area (Å²) in [5.41, 5.74) is 0.324. The molecule has 2 aromatic carbocycles. The van der Waals surface area contributed by atoms with Gasteiger partial charge in [-0.3, -0.25) is 14.9 Å². The molecule has 0 saturated carbocycles. The molecular formula is C21H21F2NO6. The highest BCUT2D eigenvalue weighted by molar-refractivity contribution is 5.69. The molecule has 0 bridgehead atoms. The number of benzene rings is 2. The molecule has 0 amide bonds. The number of halogens is 2. The Morgan fingerprint density at radius 3 is 2.23 bits per heavy atom. The van der Waals surface area contributed by atoms with Crippen molar-refractivity contribution in [2.45, 2.75) is 26.4 Å². The molecule has 0 unspecified atom stereocenters. The summed E-state index contributed by atoms with van der Waals surface area (Å²) in [4.78, 5) is 22.0. The zero-order valence-corrected chi connectivity index (χ0v) is 16.3. The van der Waals surface area contributed by atoms with Gasteiger partial charge in [0.1, 0.15) is 31.3 Å². The second-order valence-electron chi connectivity index (χ2n) is 6.26. The van der Waals surface area contributed by atoms with Crippen molar-refractivity contribution in [3.63, 3.8) is 0 Å². The van der Waals surface area contributed by atoms with E-state index in [-0.39, 0.29) is 43.9 Å². The minimum atomic E-state index is -1.78. The summed E-state index contributed by atoms with van der Waals surface area (Å²) in [6.45, 7) is 1.42. The van der Waals surface area contributed by atoms with Crippen LogP contribution in [0, 0.1) is 10.1 Å². The first kappa shape index (κ1) is 22.8. The largest absolute Gasteiger partial charge is 0.490 e. The molecule has 0 N–H and O–H groups in total. The van der Waals surface area contributed by atoms with Gasteiger partial charge in [0, 0.05) is 12.5 Å². The van der Waals surface area contributed by atoms with Crippen molar-refractivity contribution in [3.8, 4) is 11.5 Å². The van der Waals surface area contributed by atoms with Gasteiger partial charge >= 0.3 is 5.97 Å². The number of rotatable bonds is 11. The van der Waals surface area contributed by atoms with Crippen molar-refractivity contribution >= 4 is 11.7 Å². The summed E-state index contributed by atoms with van der Waals surface area (Å²) in [5.74, 6) is 0.454. The Balaban J connectivity index is 1.72. The maximum absolute atomic E-state index is 12.3. The normalized spacial score (nSPS) is 10.2. The van der Waals surface area contributed by atoms with Crippen LogP contribution in [-0.2, 0) is 16.1 Å². The maximum atomic E-state index is 12.3. The van der Waals surface area contributed by atoms with E-state index in [1.165, 1.54) is 13.0 Å². The quantitative estimate of drug-likeness (QED) is 0.218. The zero-order chi connectivity index (χ0) is 21.9. The van der Waals surface area contributed by atoms with Gasteiger partial charge in [-0.05, 0) is 49.2 Å². The van der Waals surface area contributed by atoms with Crippen molar-refractivity contribution in [1.82, 2.24) is 0 Å². The highest BCUT2D eigenvalue weighted by Gasteiger charge is 2.12. The van der Waals surface area contributed by atoms with Gasteiger partial charge in [-0.25, -0.2) is 0 Å². The van der Waals surface area contributed by atoms with Gasteiger partial charge in [0.25, 0.3) is 11.8 Å². The van der Waals surface area contributed by atoms with Gasteiger partial charge in [-0.1, -0.05) is 12.1 Å². The standard InChI is InChI=1S/C21H21F2NO6/c1-15(21(22)23)6-11-20(25)29-13-12-28-17-7-9-18(10-8-17)30-14-16-4-2-3-5-19(16)24(26)27/h2-5,7-10H,6,11-14H2,1H3. The predicted octanol–water partition coefficient (Wildman–Crippen LogP) is 5.05. The van der Waals surface area contributed by atoms with Crippen LogP contribution in [0.2, 0.25) is 0 Å². The second kappa shape index (κ2) is 11.5. The number of para-hydroxylation sites is 1. The lowest BCUT2D eigenvalue weighted by Gasteiger charge is -2.09. The van der Waals surface area contributed by atoms with Crippen LogP contribution in [0.4, 0.5) is 14.5 Å². The van der Waals surface area contributed by atoms with E-state index in [4.69, 9.17) is 14.2 Å². The number of nitrogens with zero attached hydrogens (tertiary/aromatic N) is 1. The third kappa shape index (κ3) is 7.50. The molecule has 0 atom stereocenters.